The number of thioether (sulfide) groups is 1. The number of anilines is 2. The Kier molecular flexibility index (Phi) is 4.50. The first-order valence-electron chi connectivity index (χ1n) is 4.23. The lowest BCUT2D eigenvalue weighted by molar-refractivity contribution is 0.190. The molecule has 0 saturated heterocycles. The lowest BCUT2D eigenvalue weighted by atomic mass is 10.4. The van der Waals surface area contributed by atoms with Crippen molar-refractivity contribution in [1.29, 1.82) is 0 Å². The van der Waals surface area contributed by atoms with E-state index in [0.717, 1.165) is 9.90 Å². The second kappa shape index (κ2) is 5.43. The van der Waals surface area contributed by atoms with E-state index in [1.807, 2.05) is 6.26 Å². The summed E-state index contributed by atoms with van der Waals surface area (Å²) in [6.45, 7) is 2.73. The molecule has 0 amide bonds. The maximum atomic E-state index is 5.71. The molecular weight excluding hydrogens is 218 g/mol. The van der Waals surface area contributed by atoms with Crippen LogP contribution in [0.15, 0.2) is 4.90 Å². The van der Waals surface area contributed by atoms with Crippen LogP contribution in [0.3, 0.4) is 0 Å². The molecule has 4 nitrogen and oxygen atoms in total. The van der Waals surface area contributed by atoms with E-state index in [9.17, 15) is 0 Å². The van der Waals surface area contributed by atoms with Gasteiger partial charge in [-0.1, -0.05) is 0 Å². The van der Waals surface area contributed by atoms with Crippen LogP contribution in [0.1, 0.15) is 6.92 Å². The predicted molar refractivity (Wildman–Crippen MR) is 63.3 cm³/mol. The summed E-state index contributed by atoms with van der Waals surface area (Å²) in [4.78, 5) is 1.03. The van der Waals surface area contributed by atoms with Crippen molar-refractivity contribution in [2.75, 3.05) is 31.0 Å². The summed E-state index contributed by atoms with van der Waals surface area (Å²) in [5.74, 6) is 0.606. The molecule has 0 aliphatic rings. The summed E-state index contributed by atoms with van der Waals surface area (Å²) in [6.07, 6.45) is 1.99. The van der Waals surface area contributed by atoms with E-state index in [2.05, 4.69) is 16.6 Å². The Hall–Kier alpha value is -0.460. The van der Waals surface area contributed by atoms with Crippen LogP contribution in [0.5, 0.6) is 0 Å². The van der Waals surface area contributed by atoms with Gasteiger partial charge in [-0.15, -0.1) is 11.8 Å². The van der Waals surface area contributed by atoms with Crippen molar-refractivity contribution in [2.45, 2.75) is 17.9 Å². The van der Waals surface area contributed by atoms with Gasteiger partial charge in [0.15, 0.2) is 5.82 Å². The van der Waals surface area contributed by atoms with Gasteiger partial charge in [-0.05, 0) is 24.7 Å². The van der Waals surface area contributed by atoms with Crippen LogP contribution in [0.4, 0.5) is 10.8 Å². The van der Waals surface area contributed by atoms with Gasteiger partial charge >= 0.3 is 0 Å². The summed E-state index contributed by atoms with van der Waals surface area (Å²) < 4.78 is 9.14. The number of hydrogen-bond acceptors (Lipinski definition) is 6. The fraction of sp³-hybridized carbons (Fsp3) is 0.625. The van der Waals surface area contributed by atoms with E-state index in [-0.39, 0.29) is 6.04 Å². The van der Waals surface area contributed by atoms with Crippen molar-refractivity contribution >= 4 is 34.1 Å². The van der Waals surface area contributed by atoms with Crippen molar-refractivity contribution in [1.82, 2.24) is 4.37 Å². The highest BCUT2D eigenvalue weighted by molar-refractivity contribution is 7.99. The first kappa shape index (κ1) is 11.6. The molecule has 1 rings (SSSR count). The highest BCUT2D eigenvalue weighted by Gasteiger charge is 2.12. The molecule has 0 bridgehead atoms. The highest BCUT2D eigenvalue weighted by Crippen LogP contribution is 2.34. The molecule has 0 aliphatic carbocycles. The predicted octanol–water partition coefficient (Wildman–Crippen LogP) is 1.89. The van der Waals surface area contributed by atoms with Gasteiger partial charge < -0.3 is 15.8 Å². The Morgan fingerprint density at radius 2 is 2.43 bits per heavy atom. The van der Waals surface area contributed by atoms with E-state index >= 15 is 0 Å². The number of nitrogens with one attached hydrogen (secondary N) is 1. The average Bonchev–Trinajstić information content (AvgIpc) is 2.47. The zero-order valence-electron chi connectivity index (χ0n) is 8.53. The number of hydrogen-bond donors (Lipinski definition) is 2. The largest absolute Gasteiger partial charge is 0.383 e. The number of nitrogens with zero attached hydrogens (tertiary/aromatic N) is 1. The van der Waals surface area contributed by atoms with Gasteiger partial charge in [-0.2, -0.15) is 4.37 Å². The van der Waals surface area contributed by atoms with Gasteiger partial charge in [0.05, 0.1) is 11.5 Å². The zero-order chi connectivity index (χ0) is 10.6. The van der Waals surface area contributed by atoms with E-state index in [4.69, 9.17) is 10.5 Å². The van der Waals surface area contributed by atoms with Gasteiger partial charge in [0.1, 0.15) is 5.00 Å². The van der Waals surface area contributed by atoms with Crippen LogP contribution in [0, 0.1) is 0 Å². The quantitative estimate of drug-likeness (QED) is 0.761. The molecule has 0 aromatic carbocycles. The fourth-order valence-electron chi connectivity index (χ4n) is 1.10. The van der Waals surface area contributed by atoms with Crippen molar-refractivity contribution < 1.29 is 4.74 Å². The third kappa shape index (κ3) is 2.76. The maximum absolute atomic E-state index is 5.71. The minimum Gasteiger partial charge on any atom is -0.383 e. The Bertz CT molecular complexity index is 290. The number of ether oxygens (including phenoxy) is 1. The SMILES string of the molecule is COCC(C)Nc1snc(N)c1SC. The van der Waals surface area contributed by atoms with E-state index in [0.29, 0.717) is 12.4 Å². The summed E-state index contributed by atoms with van der Waals surface area (Å²) in [6, 6.07) is 0.269. The zero-order valence-corrected chi connectivity index (χ0v) is 10.2. The normalized spacial score (nSPS) is 12.8. The van der Waals surface area contributed by atoms with Crippen LogP contribution >= 0.6 is 23.3 Å². The lowest BCUT2D eigenvalue weighted by Crippen LogP contribution is -2.20. The second-order valence-corrected chi connectivity index (χ2v) is 4.52. The molecule has 6 heteroatoms. The molecule has 0 fully saturated rings. The molecule has 14 heavy (non-hydrogen) atoms. The highest BCUT2D eigenvalue weighted by atomic mass is 32.2. The third-order valence-corrected chi connectivity index (χ3v) is 3.42. The second-order valence-electron chi connectivity index (χ2n) is 2.93. The molecule has 1 aromatic rings. The van der Waals surface area contributed by atoms with E-state index in [1.54, 1.807) is 18.9 Å². The number of aromatic nitrogens is 1. The van der Waals surface area contributed by atoms with Crippen LogP contribution in [-0.4, -0.2) is 30.4 Å². The monoisotopic (exact) mass is 233 g/mol. The Morgan fingerprint density at radius 3 is 3.00 bits per heavy atom. The Labute approximate surface area is 92.4 Å². The molecular formula is C8H15N3OS2. The molecule has 1 heterocycles. The van der Waals surface area contributed by atoms with Gasteiger partial charge in [0.25, 0.3) is 0 Å². The van der Waals surface area contributed by atoms with Crippen LogP contribution in [-0.2, 0) is 4.74 Å². The minimum absolute atomic E-state index is 0.269. The van der Waals surface area contributed by atoms with Crippen LogP contribution < -0.4 is 11.1 Å². The van der Waals surface area contributed by atoms with Gasteiger partial charge in [-0.3, -0.25) is 0 Å². The van der Waals surface area contributed by atoms with Crippen LogP contribution in [0.25, 0.3) is 0 Å². The first-order valence-corrected chi connectivity index (χ1v) is 6.23. The van der Waals surface area contributed by atoms with E-state index < -0.39 is 0 Å². The number of nitrogens with two attached hydrogens (primary N) is 1. The lowest BCUT2D eigenvalue weighted by Gasteiger charge is -2.12. The molecule has 1 unspecified atom stereocenters. The van der Waals surface area contributed by atoms with Crippen molar-refractivity contribution in [3.05, 3.63) is 0 Å². The summed E-state index contributed by atoms with van der Waals surface area (Å²) in [5, 5.41) is 4.34. The Morgan fingerprint density at radius 1 is 1.71 bits per heavy atom. The van der Waals surface area contributed by atoms with Crippen molar-refractivity contribution in [2.24, 2.45) is 0 Å². The van der Waals surface area contributed by atoms with Gasteiger partial charge in [0, 0.05) is 13.2 Å². The smallest absolute Gasteiger partial charge is 0.153 e. The number of nitrogen functional groups attached to an aromatic ring is 1. The van der Waals surface area contributed by atoms with Crippen molar-refractivity contribution in [3.63, 3.8) is 0 Å². The van der Waals surface area contributed by atoms with Crippen LogP contribution in [0.2, 0.25) is 0 Å². The number of rotatable bonds is 5. The summed E-state index contributed by atoms with van der Waals surface area (Å²) in [5.41, 5.74) is 5.71. The number of methoxy groups -OCH3 is 1. The Balaban J connectivity index is 2.66. The van der Waals surface area contributed by atoms with Gasteiger partial charge in [-0.25, -0.2) is 0 Å². The minimum atomic E-state index is 0.269. The maximum Gasteiger partial charge on any atom is 0.153 e. The topological polar surface area (TPSA) is 60.2 Å². The molecule has 3 N–H and O–H groups in total. The van der Waals surface area contributed by atoms with E-state index in [1.165, 1.54) is 11.5 Å². The fourth-order valence-corrected chi connectivity index (χ4v) is 2.74. The standard InChI is InChI=1S/C8H15N3OS2/c1-5(4-12-2)10-8-6(13-3)7(9)11-14-8/h5,10H,4H2,1-3H3,(H2,9,11). The first-order chi connectivity index (χ1) is 6.69. The van der Waals surface area contributed by atoms with Crippen molar-refractivity contribution in [3.8, 4) is 0 Å². The molecule has 0 spiro atoms. The molecule has 0 radical (unpaired) electrons. The third-order valence-electron chi connectivity index (χ3n) is 1.67. The molecule has 1 aromatic heterocycles. The molecule has 80 valence electrons. The molecule has 1 atom stereocenters. The summed E-state index contributed by atoms with van der Waals surface area (Å²) in [7, 11) is 1.69. The molecule has 0 saturated carbocycles. The average molecular weight is 233 g/mol. The summed E-state index contributed by atoms with van der Waals surface area (Å²) >= 11 is 3.00. The van der Waals surface area contributed by atoms with Gasteiger partial charge in [0.2, 0.25) is 0 Å². The molecule has 0 aliphatic heterocycles.